The second-order valence-corrected chi connectivity index (χ2v) is 9.70. The zero-order valence-electron chi connectivity index (χ0n) is 14.8. The fourth-order valence-corrected chi connectivity index (χ4v) is 5.96. The van der Waals surface area contributed by atoms with Crippen molar-refractivity contribution in [1.82, 2.24) is 0 Å². The lowest BCUT2D eigenvalue weighted by molar-refractivity contribution is -0.0842. The molecule has 144 valence electrons. The molecule has 5 nitrogen and oxygen atoms in total. The van der Waals surface area contributed by atoms with Gasteiger partial charge in [-0.15, -0.1) is 0 Å². The zero-order chi connectivity index (χ0) is 18.8. The first-order chi connectivity index (χ1) is 12.3. The van der Waals surface area contributed by atoms with Crippen LogP contribution in [0.3, 0.4) is 0 Å². The SMILES string of the molecule is NCC(=CF)COc1ccc(S(=O)(=O)CC23CCC(O)(CC2)CC3)cc1. The van der Waals surface area contributed by atoms with Gasteiger partial charge in [0.2, 0.25) is 0 Å². The maximum absolute atomic E-state index is 12.9. The molecule has 0 heterocycles. The number of hydrogen-bond donors (Lipinski definition) is 2. The zero-order valence-corrected chi connectivity index (χ0v) is 15.6. The van der Waals surface area contributed by atoms with Crippen molar-refractivity contribution in [3.05, 3.63) is 36.2 Å². The van der Waals surface area contributed by atoms with E-state index < -0.39 is 15.4 Å². The van der Waals surface area contributed by atoms with Crippen molar-refractivity contribution in [3.63, 3.8) is 0 Å². The maximum atomic E-state index is 12.9. The first kappa shape index (κ1) is 19.3. The quantitative estimate of drug-likeness (QED) is 0.756. The highest BCUT2D eigenvalue weighted by molar-refractivity contribution is 7.91. The minimum Gasteiger partial charge on any atom is -0.489 e. The van der Waals surface area contributed by atoms with Crippen LogP contribution in [0, 0.1) is 5.41 Å². The van der Waals surface area contributed by atoms with Crippen molar-refractivity contribution in [2.24, 2.45) is 11.1 Å². The lowest BCUT2D eigenvalue weighted by atomic mass is 9.59. The number of halogens is 1. The highest BCUT2D eigenvalue weighted by Crippen LogP contribution is 2.53. The van der Waals surface area contributed by atoms with E-state index in [2.05, 4.69) is 0 Å². The molecule has 0 amide bonds. The van der Waals surface area contributed by atoms with Gasteiger partial charge in [0.1, 0.15) is 12.4 Å². The molecular formula is C19H26FNO4S. The average molecular weight is 383 g/mol. The number of ether oxygens (including phenoxy) is 1. The van der Waals surface area contributed by atoms with E-state index in [1.54, 1.807) is 12.1 Å². The average Bonchev–Trinajstić information content (AvgIpc) is 2.64. The van der Waals surface area contributed by atoms with Crippen LogP contribution in [0.25, 0.3) is 0 Å². The number of benzene rings is 1. The van der Waals surface area contributed by atoms with Gasteiger partial charge >= 0.3 is 0 Å². The van der Waals surface area contributed by atoms with Crippen LogP contribution in [0.5, 0.6) is 5.75 Å². The fourth-order valence-electron chi connectivity index (χ4n) is 4.00. The Kier molecular flexibility index (Phi) is 5.42. The fraction of sp³-hybridized carbons (Fsp3) is 0.579. The third kappa shape index (κ3) is 4.10. The summed E-state index contributed by atoms with van der Waals surface area (Å²) in [5, 5.41) is 10.3. The minimum atomic E-state index is -3.41. The molecule has 0 aromatic heterocycles. The van der Waals surface area contributed by atoms with E-state index in [-0.39, 0.29) is 29.2 Å². The summed E-state index contributed by atoms with van der Waals surface area (Å²) in [5.74, 6) is 0.591. The Bertz CT molecular complexity index is 749. The Hall–Kier alpha value is -1.44. The van der Waals surface area contributed by atoms with Crippen LogP contribution in [0.1, 0.15) is 38.5 Å². The van der Waals surface area contributed by atoms with E-state index in [0.29, 0.717) is 36.9 Å². The molecule has 1 aromatic rings. The van der Waals surface area contributed by atoms with Gasteiger partial charge < -0.3 is 15.6 Å². The highest BCUT2D eigenvalue weighted by Gasteiger charge is 2.49. The van der Waals surface area contributed by atoms with Crippen molar-refractivity contribution < 1.29 is 22.7 Å². The van der Waals surface area contributed by atoms with Gasteiger partial charge in [0.05, 0.1) is 22.6 Å². The highest BCUT2D eigenvalue weighted by atomic mass is 32.2. The summed E-state index contributed by atoms with van der Waals surface area (Å²) in [6, 6.07) is 6.23. The Morgan fingerprint density at radius 3 is 2.23 bits per heavy atom. The van der Waals surface area contributed by atoms with Crippen molar-refractivity contribution in [1.29, 1.82) is 0 Å². The predicted octanol–water partition coefficient (Wildman–Crippen LogP) is 2.74. The van der Waals surface area contributed by atoms with Gasteiger partial charge in [-0.2, -0.15) is 0 Å². The summed E-state index contributed by atoms with van der Waals surface area (Å²) >= 11 is 0. The smallest absolute Gasteiger partial charge is 0.178 e. The van der Waals surface area contributed by atoms with E-state index in [0.717, 1.165) is 19.3 Å². The van der Waals surface area contributed by atoms with Gasteiger partial charge in [0.15, 0.2) is 9.84 Å². The molecule has 3 aliphatic rings. The van der Waals surface area contributed by atoms with Gasteiger partial charge in [-0.05, 0) is 68.2 Å². The monoisotopic (exact) mass is 383 g/mol. The largest absolute Gasteiger partial charge is 0.489 e. The lowest BCUT2D eigenvalue weighted by Crippen LogP contribution is -2.48. The molecule has 1 aromatic carbocycles. The Morgan fingerprint density at radius 1 is 1.15 bits per heavy atom. The van der Waals surface area contributed by atoms with Gasteiger partial charge in [-0.25, -0.2) is 12.8 Å². The molecule has 0 unspecified atom stereocenters. The molecule has 3 aliphatic carbocycles. The van der Waals surface area contributed by atoms with Gasteiger partial charge in [0.25, 0.3) is 0 Å². The normalized spacial score (nSPS) is 29.0. The second-order valence-electron chi connectivity index (χ2n) is 7.71. The summed E-state index contributed by atoms with van der Waals surface area (Å²) in [7, 11) is -3.41. The van der Waals surface area contributed by atoms with E-state index in [1.807, 2.05) is 0 Å². The number of aliphatic hydroxyl groups is 1. The number of sulfone groups is 1. The topological polar surface area (TPSA) is 89.6 Å². The van der Waals surface area contributed by atoms with Crippen molar-refractivity contribution >= 4 is 9.84 Å². The first-order valence-electron chi connectivity index (χ1n) is 8.96. The van der Waals surface area contributed by atoms with Crippen molar-refractivity contribution in [3.8, 4) is 5.75 Å². The molecule has 7 heteroatoms. The third-order valence-corrected chi connectivity index (χ3v) is 7.86. The number of nitrogens with two attached hydrogens (primary N) is 1. The molecule has 26 heavy (non-hydrogen) atoms. The van der Waals surface area contributed by atoms with Crippen LogP contribution in [0.2, 0.25) is 0 Å². The first-order valence-corrected chi connectivity index (χ1v) is 10.6. The molecule has 2 bridgehead atoms. The predicted molar refractivity (Wildman–Crippen MR) is 97.3 cm³/mol. The Balaban J connectivity index is 1.66. The Labute approximate surface area is 154 Å². The third-order valence-electron chi connectivity index (χ3n) is 5.88. The minimum absolute atomic E-state index is 0.0329. The molecule has 0 aliphatic heterocycles. The van der Waals surface area contributed by atoms with Gasteiger partial charge in [-0.1, -0.05) is 0 Å². The molecule has 3 N–H and O–H groups in total. The van der Waals surface area contributed by atoms with E-state index in [4.69, 9.17) is 10.5 Å². The van der Waals surface area contributed by atoms with E-state index in [1.165, 1.54) is 12.1 Å². The molecule has 3 saturated carbocycles. The summed E-state index contributed by atoms with van der Waals surface area (Å²) in [4.78, 5) is 0.269. The van der Waals surface area contributed by atoms with Crippen LogP contribution >= 0.6 is 0 Å². The molecule has 0 radical (unpaired) electrons. The van der Waals surface area contributed by atoms with Crippen LogP contribution in [-0.2, 0) is 9.84 Å². The van der Waals surface area contributed by atoms with Crippen LogP contribution in [-0.4, -0.2) is 38.0 Å². The van der Waals surface area contributed by atoms with Crippen molar-refractivity contribution in [2.75, 3.05) is 18.9 Å². The molecule has 0 spiro atoms. The number of fused-ring (bicyclic) bond motifs is 3. The number of hydrogen-bond acceptors (Lipinski definition) is 5. The number of rotatable bonds is 7. The molecule has 4 rings (SSSR count). The maximum Gasteiger partial charge on any atom is 0.178 e. The molecule has 0 atom stereocenters. The summed E-state index contributed by atoms with van der Waals surface area (Å²) in [6.07, 6.45) is 4.81. The van der Waals surface area contributed by atoms with E-state index >= 15 is 0 Å². The van der Waals surface area contributed by atoms with E-state index in [9.17, 15) is 17.9 Å². The second kappa shape index (κ2) is 7.29. The standard InChI is InChI=1S/C19H26FNO4S/c20-11-15(12-21)13-25-16-1-3-17(4-2-16)26(23,24)14-18-5-8-19(22,9-6-18)10-7-18/h1-4,11,22H,5-10,12-14,21H2. The van der Waals surface area contributed by atoms with Gasteiger partial charge in [0, 0.05) is 12.1 Å². The molecular weight excluding hydrogens is 357 g/mol. The Morgan fingerprint density at radius 2 is 1.73 bits per heavy atom. The van der Waals surface area contributed by atoms with Crippen LogP contribution in [0.15, 0.2) is 41.1 Å². The van der Waals surface area contributed by atoms with Crippen molar-refractivity contribution in [2.45, 2.75) is 49.0 Å². The van der Waals surface area contributed by atoms with Crippen LogP contribution < -0.4 is 10.5 Å². The molecule has 3 fully saturated rings. The summed E-state index contributed by atoms with van der Waals surface area (Å²) in [5.41, 5.74) is 4.92. The molecule has 0 saturated heterocycles. The van der Waals surface area contributed by atoms with Gasteiger partial charge in [-0.3, -0.25) is 0 Å². The summed E-state index contributed by atoms with van der Waals surface area (Å²) in [6.45, 7) is 0.102. The summed E-state index contributed by atoms with van der Waals surface area (Å²) < 4.78 is 43.6. The van der Waals surface area contributed by atoms with Crippen LogP contribution in [0.4, 0.5) is 4.39 Å². The lowest BCUT2D eigenvalue weighted by Gasteiger charge is -2.50.